The summed E-state index contributed by atoms with van der Waals surface area (Å²) < 4.78 is 0. The van der Waals surface area contributed by atoms with Gasteiger partial charge in [0.2, 0.25) is 76.8 Å². The van der Waals surface area contributed by atoms with Crippen molar-refractivity contribution in [3.63, 3.8) is 0 Å². The summed E-state index contributed by atoms with van der Waals surface area (Å²) in [6.45, 7) is 8.64. The SMILES string of the molecule is CC[C@H](C)[C@H](NC(=O)[C@@H]1CCCN1C(=O)[C@@H]1CCCN1C(=O)[C@@H](NC(=O)[C@H](CO)NC(=O)[C@H](Cc1ccc(C)cc1)NC(=O)[C@@H](NC(=O)[C@H](CS)NC(=O)[C@H](CCCN=C(N)N)NC(=O)CN)[C@@H](C)O)[C@@H](C)CC)C(=O)N[C@@H](CS)C(=O)N[C@@H](Cc1ccccc1)C(=O)N1CCC[C@H]1C(=O)N[C@@H](CC(=O)O)C(=O)O. The summed E-state index contributed by atoms with van der Waals surface area (Å²) in [7, 11) is 0. The molecular weight excluding hydrogens is 1460 g/mol. The van der Waals surface area contributed by atoms with Crippen molar-refractivity contribution in [1.29, 1.82) is 0 Å². The number of aliphatic imine (C=N–C) groups is 1. The molecule has 3 aliphatic heterocycles. The van der Waals surface area contributed by atoms with Crippen LogP contribution < -0.4 is 70.4 Å². The minimum absolute atomic E-state index is 0.0109. The third kappa shape index (κ3) is 26.6. The first-order valence-corrected chi connectivity index (χ1v) is 37.7. The normalized spacial score (nSPS) is 19.0. The van der Waals surface area contributed by atoms with Crippen molar-refractivity contribution in [3.8, 4) is 0 Å². The van der Waals surface area contributed by atoms with Crippen LogP contribution in [0.4, 0.5) is 0 Å². The molecule has 0 aromatic heterocycles. The maximum absolute atomic E-state index is 14.9. The molecule has 36 nitrogen and oxygen atoms in total. The second-order valence-corrected chi connectivity index (χ2v) is 28.3. The van der Waals surface area contributed by atoms with Crippen LogP contribution in [0, 0.1) is 18.8 Å². The van der Waals surface area contributed by atoms with Crippen LogP contribution in [0.25, 0.3) is 0 Å². The average molecular weight is 1570 g/mol. The third-order valence-electron chi connectivity index (χ3n) is 19.4. The quantitative estimate of drug-likeness (QED) is 0.0129. The first-order valence-electron chi connectivity index (χ1n) is 36.5. The summed E-state index contributed by atoms with van der Waals surface area (Å²) in [5, 5.41) is 65.9. The summed E-state index contributed by atoms with van der Waals surface area (Å²) in [6, 6.07) is -3.16. The van der Waals surface area contributed by atoms with E-state index in [-0.39, 0.29) is 88.6 Å². The smallest absolute Gasteiger partial charge is 0.326 e. The van der Waals surface area contributed by atoms with E-state index in [1.54, 1.807) is 82.3 Å². The van der Waals surface area contributed by atoms with Gasteiger partial charge in [0.05, 0.1) is 25.7 Å². The van der Waals surface area contributed by atoms with Gasteiger partial charge in [-0.2, -0.15) is 25.3 Å². The molecule has 3 fully saturated rings. The van der Waals surface area contributed by atoms with Gasteiger partial charge in [0.15, 0.2) is 5.96 Å². The van der Waals surface area contributed by atoms with Crippen LogP contribution in [0.5, 0.6) is 0 Å². The molecule has 3 saturated heterocycles. The molecule has 2 aromatic carbocycles. The Bertz CT molecular complexity index is 3560. The zero-order valence-corrected chi connectivity index (χ0v) is 63.9. The monoisotopic (exact) mass is 1570 g/mol. The van der Waals surface area contributed by atoms with Crippen LogP contribution in [-0.4, -0.2) is 265 Å². The number of likely N-dealkylation sites (tertiary alicyclic amines) is 3. The van der Waals surface area contributed by atoms with Gasteiger partial charge in [0.1, 0.15) is 78.5 Å². The number of nitrogens with two attached hydrogens (primary N) is 3. The number of hydrogen-bond acceptors (Lipinski definition) is 21. The Morgan fingerprint density at radius 2 is 0.982 bits per heavy atom. The van der Waals surface area contributed by atoms with E-state index in [0.717, 1.165) is 5.56 Å². The Balaban J connectivity index is 1.29. The lowest BCUT2D eigenvalue weighted by molar-refractivity contribution is -0.149. The van der Waals surface area contributed by atoms with Gasteiger partial charge in [-0.25, -0.2) is 4.79 Å². The van der Waals surface area contributed by atoms with E-state index in [9.17, 15) is 92.3 Å². The molecule has 38 heteroatoms. The molecule has 0 radical (unpaired) electrons. The number of carboxylic acid groups (broad SMARTS) is 2. The Morgan fingerprint density at radius 1 is 0.523 bits per heavy atom. The predicted octanol–water partition coefficient (Wildman–Crippen LogP) is -4.50. The molecule has 3 aliphatic rings. The number of amides is 13. The number of carbonyl (C=O) groups is 15. The van der Waals surface area contributed by atoms with Crippen LogP contribution in [0.3, 0.4) is 0 Å². The largest absolute Gasteiger partial charge is 0.481 e. The van der Waals surface area contributed by atoms with E-state index in [2.05, 4.69) is 83.4 Å². The number of benzene rings is 2. The highest BCUT2D eigenvalue weighted by Gasteiger charge is 2.47. The summed E-state index contributed by atoms with van der Waals surface area (Å²) in [5.74, 6) is -16.1. The van der Waals surface area contributed by atoms with Crippen molar-refractivity contribution < 1.29 is 92.3 Å². The van der Waals surface area contributed by atoms with Crippen molar-refractivity contribution >= 4 is 120 Å². The number of aryl methyl sites for hydroxylation is 1. The number of thiol groups is 2. The Kier molecular flexibility index (Phi) is 36.4. The first kappa shape index (κ1) is 90.0. The maximum Gasteiger partial charge on any atom is 0.326 e. The summed E-state index contributed by atoms with van der Waals surface area (Å²) >= 11 is 8.58. The zero-order valence-electron chi connectivity index (χ0n) is 62.1. The molecule has 0 bridgehead atoms. The molecule has 0 saturated carbocycles. The lowest BCUT2D eigenvalue weighted by atomic mass is 9.96. The number of hydrogen-bond donors (Lipinski definition) is 19. The molecule has 602 valence electrons. The van der Waals surface area contributed by atoms with E-state index in [1.807, 2.05) is 6.92 Å². The van der Waals surface area contributed by atoms with E-state index >= 15 is 0 Å². The van der Waals surface area contributed by atoms with Crippen molar-refractivity contribution in [2.75, 3.05) is 50.8 Å². The van der Waals surface area contributed by atoms with E-state index < -0.39 is 205 Å². The Labute approximate surface area is 643 Å². The van der Waals surface area contributed by atoms with Crippen molar-refractivity contribution in [2.24, 2.45) is 34.0 Å². The third-order valence-corrected chi connectivity index (χ3v) is 20.2. The van der Waals surface area contributed by atoms with Gasteiger partial charge in [-0.15, -0.1) is 0 Å². The lowest BCUT2D eigenvalue weighted by Crippen LogP contribution is -2.63. The van der Waals surface area contributed by atoms with Gasteiger partial charge < -0.3 is 105 Å². The van der Waals surface area contributed by atoms with Crippen LogP contribution in [0.15, 0.2) is 59.6 Å². The number of aliphatic hydroxyl groups is 2. The zero-order chi connectivity index (χ0) is 80.9. The molecule has 109 heavy (non-hydrogen) atoms. The maximum atomic E-state index is 14.9. The second-order valence-electron chi connectivity index (χ2n) is 27.5. The number of aliphatic carboxylic acids is 2. The number of nitrogens with zero attached hydrogens (tertiary/aromatic N) is 4. The van der Waals surface area contributed by atoms with Gasteiger partial charge in [-0.1, -0.05) is 101 Å². The predicted molar refractivity (Wildman–Crippen MR) is 403 cm³/mol. The number of guanidine groups is 1. The number of rotatable bonds is 42. The molecule has 5 rings (SSSR count). The molecule has 0 aliphatic carbocycles. The summed E-state index contributed by atoms with van der Waals surface area (Å²) in [5.41, 5.74) is 18.2. The van der Waals surface area contributed by atoms with Crippen molar-refractivity contribution in [1.82, 2.24) is 67.9 Å². The molecule has 0 unspecified atom stereocenters. The highest BCUT2D eigenvalue weighted by molar-refractivity contribution is 7.80. The fraction of sp³-hybridized carbons (Fsp3) is 0.606. The van der Waals surface area contributed by atoms with E-state index in [0.29, 0.717) is 43.2 Å². The van der Waals surface area contributed by atoms with Crippen molar-refractivity contribution in [3.05, 3.63) is 71.3 Å². The van der Waals surface area contributed by atoms with Crippen LogP contribution >= 0.6 is 25.3 Å². The van der Waals surface area contributed by atoms with Gasteiger partial charge in [-0.05, 0) is 88.2 Å². The molecule has 0 spiro atoms. The summed E-state index contributed by atoms with van der Waals surface area (Å²) in [6.07, 6.45) is -0.617. The molecule has 20 N–H and O–H groups in total. The Hall–Kier alpha value is -9.66. The van der Waals surface area contributed by atoms with Crippen molar-refractivity contribution in [2.45, 2.75) is 210 Å². The number of carboxylic acids is 2. The highest BCUT2D eigenvalue weighted by Crippen LogP contribution is 2.28. The number of aliphatic hydroxyl groups excluding tert-OH is 2. The van der Waals surface area contributed by atoms with Gasteiger partial charge >= 0.3 is 11.9 Å². The fourth-order valence-electron chi connectivity index (χ4n) is 12.8. The molecular formula is C71H107N17O19S2. The number of carbonyl (C=O) groups excluding carboxylic acids is 13. The topological polar surface area (TPSA) is 557 Å². The summed E-state index contributed by atoms with van der Waals surface area (Å²) in [4.78, 5) is 214. The fourth-order valence-corrected chi connectivity index (χ4v) is 13.3. The van der Waals surface area contributed by atoms with Crippen LogP contribution in [-0.2, 0) is 84.8 Å². The van der Waals surface area contributed by atoms with Gasteiger partial charge in [-0.3, -0.25) is 72.1 Å². The molecule has 16 atom stereocenters. The molecule has 13 amide bonds. The number of nitrogens with one attached hydrogen (secondary N) is 10. The van der Waals surface area contributed by atoms with E-state index in [4.69, 9.17) is 17.2 Å². The lowest BCUT2D eigenvalue weighted by Gasteiger charge is -2.35. The first-order chi connectivity index (χ1) is 51.7. The minimum Gasteiger partial charge on any atom is -0.481 e. The average Bonchev–Trinajstić information content (AvgIpc) is 1.69. The molecule has 2 aromatic rings. The van der Waals surface area contributed by atoms with Crippen LogP contribution in [0.2, 0.25) is 0 Å². The minimum atomic E-state index is -1.79. The Morgan fingerprint density at radius 3 is 1.53 bits per heavy atom. The molecule has 3 heterocycles. The highest BCUT2D eigenvalue weighted by atomic mass is 32.1. The van der Waals surface area contributed by atoms with Gasteiger partial charge in [0, 0.05) is 50.5 Å². The van der Waals surface area contributed by atoms with E-state index in [1.165, 1.54) is 21.6 Å². The second kappa shape index (κ2) is 44.1. The standard InChI is InChI=1S/C71H107N17O19S2/c1-7-38(4)55(65(101)82-48(35-108)61(97)78-45(31-41-16-10-9-11-17-41)67(103)86-27-13-19-50(86)63(99)79-46(70(106)107)32-54(92)93)83-64(100)51-20-14-28-87(51)68(104)52-21-15-29-88(52)69(105)56(39(5)8-2)84-60(96)47(34-89)80-59(95)44(30-42-24-22-37(3)23-25-42)77-66(102)57(40(6)90)85-62(98)49(36-109)81-58(94)43(76-53(91)33-72)18-12-26-75-71(73)74/h9-11,16-17,22-25,38-40,43-52,55-57,89-90,108-109H,7-8,12-15,18-21,26-36,72H2,1-6H3,(H,76,91)(H,77,102)(H,78,97)(H,79,99)(H,80,95)(H,81,94)(H,82,101)(H,83,100)(H,84,96)(H,85,98)(H,92,93)(H,106,107)(H4,73,74,75)/t38-,39-,40+,43-,44-,45-,46-,47-,48-,49-,50-,51-,52-,55-,56-,57-/m0/s1. The van der Waals surface area contributed by atoms with Gasteiger partial charge in [0.25, 0.3) is 0 Å². The van der Waals surface area contributed by atoms with Crippen LogP contribution in [0.1, 0.15) is 122 Å².